The molecule has 0 radical (unpaired) electrons. The fourth-order valence-electron chi connectivity index (χ4n) is 1.80. The fourth-order valence-corrected chi connectivity index (χ4v) is 1.80. The summed E-state index contributed by atoms with van der Waals surface area (Å²) < 4.78 is 5.05. The highest BCUT2D eigenvalue weighted by molar-refractivity contribution is 6.13. The van der Waals surface area contributed by atoms with E-state index in [-0.39, 0.29) is 17.0 Å². The Hall–Kier alpha value is -2.69. The molecule has 0 aliphatic rings. The molecule has 0 aliphatic heterocycles. The monoisotopic (exact) mass is 257 g/mol. The molecule has 0 saturated carbocycles. The lowest BCUT2D eigenvalue weighted by atomic mass is 10.0. The van der Waals surface area contributed by atoms with Crippen molar-refractivity contribution >= 4 is 11.5 Å². The Morgan fingerprint density at radius 2 is 1.79 bits per heavy atom. The van der Waals surface area contributed by atoms with E-state index in [1.54, 1.807) is 30.3 Å². The Kier molecular flexibility index (Phi) is 3.56. The van der Waals surface area contributed by atoms with Crippen molar-refractivity contribution in [3.8, 4) is 5.75 Å². The molecule has 96 valence electrons. The number of nitro groups is 1. The summed E-state index contributed by atoms with van der Waals surface area (Å²) in [5.41, 5.74) is 0.101. The van der Waals surface area contributed by atoms with Crippen molar-refractivity contribution in [2.75, 3.05) is 7.11 Å². The minimum Gasteiger partial charge on any atom is -0.496 e. The molecule has 5 heteroatoms. The number of carbonyl (C=O) groups excluding carboxylic acids is 1. The Bertz CT molecular complexity index is 623. The molecule has 0 aromatic heterocycles. The summed E-state index contributed by atoms with van der Waals surface area (Å²) in [5, 5.41) is 11.0. The number of benzene rings is 2. The summed E-state index contributed by atoms with van der Waals surface area (Å²) in [6.45, 7) is 0. The lowest BCUT2D eigenvalue weighted by Gasteiger charge is -2.08. The van der Waals surface area contributed by atoms with Crippen molar-refractivity contribution in [1.29, 1.82) is 0 Å². The van der Waals surface area contributed by atoms with Gasteiger partial charge in [0.15, 0.2) is 0 Å². The van der Waals surface area contributed by atoms with E-state index in [0.29, 0.717) is 5.56 Å². The first-order valence-corrected chi connectivity index (χ1v) is 5.56. The Labute approximate surface area is 109 Å². The van der Waals surface area contributed by atoms with Crippen molar-refractivity contribution in [2.24, 2.45) is 0 Å². The van der Waals surface area contributed by atoms with Gasteiger partial charge in [-0.15, -0.1) is 0 Å². The Balaban J connectivity index is 2.61. The predicted molar refractivity (Wildman–Crippen MR) is 69.5 cm³/mol. The number of ketones is 1. The van der Waals surface area contributed by atoms with Crippen LogP contribution in [0.3, 0.4) is 0 Å². The van der Waals surface area contributed by atoms with Gasteiger partial charge in [-0.05, 0) is 6.07 Å². The number of nitro benzene ring substituents is 1. The van der Waals surface area contributed by atoms with Crippen LogP contribution < -0.4 is 4.74 Å². The first-order chi connectivity index (χ1) is 9.15. The summed E-state index contributed by atoms with van der Waals surface area (Å²) in [6, 6.07) is 12.7. The Morgan fingerprint density at radius 3 is 2.37 bits per heavy atom. The molecule has 5 nitrogen and oxygen atoms in total. The molecule has 0 amide bonds. The largest absolute Gasteiger partial charge is 0.496 e. The smallest absolute Gasteiger partial charge is 0.284 e. The van der Waals surface area contributed by atoms with Gasteiger partial charge < -0.3 is 4.74 Å². The summed E-state index contributed by atoms with van der Waals surface area (Å²) in [7, 11) is 1.38. The van der Waals surface area contributed by atoms with Crippen LogP contribution in [0.1, 0.15) is 15.9 Å². The third-order valence-electron chi connectivity index (χ3n) is 2.68. The van der Waals surface area contributed by atoms with Crippen molar-refractivity contribution in [3.05, 3.63) is 69.8 Å². The molecule has 0 aliphatic carbocycles. The third-order valence-corrected chi connectivity index (χ3v) is 2.68. The maximum atomic E-state index is 12.4. The van der Waals surface area contributed by atoms with E-state index in [1.807, 2.05) is 0 Å². The van der Waals surface area contributed by atoms with Gasteiger partial charge in [-0.3, -0.25) is 14.9 Å². The van der Waals surface area contributed by atoms with Crippen LogP contribution in [0.5, 0.6) is 5.75 Å². The zero-order valence-corrected chi connectivity index (χ0v) is 10.2. The maximum absolute atomic E-state index is 12.4. The van der Waals surface area contributed by atoms with Gasteiger partial charge in [0.05, 0.1) is 12.0 Å². The van der Waals surface area contributed by atoms with Crippen LogP contribution in [0, 0.1) is 10.1 Å². The zero-order valence-electron chi connectivity index (χ0n) is 10.2. The molecule has 2 rings (SSSR count). The first-order valence-electron chi connectivity index (χ1n) is 5.56. The normalized spacial score (nSPS) is 9.95. The van der Waals surface area contributed by atoms with Crippen LogP contribution in [-0.2, 0) is 0 Å². The minimum absolute atomic E-state index is 0.0267. The van der Waals surface area contributed by atoms with E-state index in [9.17, 15) is 14.9 Å². The highest BCUT2D eigenvalue weighted by atomic mass is 16.6. The molecule has 0 spiro atoms. The van der Waals surface area contributed by atoms with Crippen LogP contribution >= 0.6 is 0 Å². The molecule has 0 heterocycles. The van der Waals surface area contributed by atoms with Crippen LogP contribution in [0.4, 0.5) is 5.69 Å². The predicted octanol–water partition coefficient (Wildman–Crippen LogP) is 2.83. The average molecular weight is 257 g/mol. The van der Waals surface area contributed by atoms with Crippen LogP contribution in [0.25, 0.3) is 0 Å². The van der Waals surface area contributed by atoms with Crippen LogP contribution in [0.15, 0.2) is 48.5 Å². The molecule has 0 unspecified atom stereocenters. The number of nitrogens with zero attached hydrogens (tertiary/aromatic N) is 1. The molecular formula is C14H11NO4. The second-order valence-electron chi connectivity index (χ2n) is 3.81. The summed E-state index contributed by atoms with van der Waals surface area (Å²) in [6.07, 6.45) is 0. The quantitative estimate of drug-likeness (QED) is 0.479. The van der Waals surface area contributed by atoms with Crippen molar-refractivity contribution in [3.63, 3.8) is 0 Å². The molecule has 0 saturated heterocycles. The third kappa shape index (κ3) is 2.44. The number of ether oxygens (including phenoxy) is 1. The second kappa shape index (κ2) is 5.30. The molecule has 2 aromatic rings. The van der Waals surface area contributed by atoms with E-state index in [4.69, 9.17) is 4.74 Å². The SMILES string of the molecule is COc1cccc([N+](=O)[O-])c1C(=O)c1ccccc1. The second-order valence-corrected chi connectivity index (χ2v) is 3.81. The topological polar surface area (TPSA) is 69.4 Å². The highest BCUT2D eigenvalue weighted by Gasteiger charge is 2.25. The molecule has 0 atom stereocenters. The van der Waals surface area contributed by atoms with E-state index < -0.39 is 10.7 Å². The van der Waals surface area contributed by atoms with Crippen molar-refractivity contribution < 1.29 is 14.5 Å². The first kappa shape index (κ1) is 12.8. The highest BCUT2D eigenvalue weighted by Crippen LogP contribution is 2.30. The van der Waals surface area contributed by atoms with E-state index in [0.717, 1.165) is 0 Å². The number of rotatable bonds is 4. The molecule has 0 N–H and O–H groups in total. The number of methoxy groups -OCH3 is 1. The van der Waals surface area contributed by atoms with Gasteiger partial charge in [0, 0.05) is 11.6 Å². The van der Waals surface area contributed by atoms with Crippen LogP contribution in [0.2, 0.25) is 0 Å². The number of carbonyl (C=O) groups is 1. The lowest BCUT2D eigenvalue weighted by molar-refractivity contribution is -0.385. The van der Waals surface area contributed by atoms with E-state index in [2.05, 4.69) is 0 Å². The summed E-state index contributed by atoms with van der Waals surface area (Å²) in [4.78, 5) is 22.8. The summed E-state index contributed by atoms with van der Waals surface area (Å²) in [5.74, 6) is -0.229. The number of hydrogen-bond acceptors (Lipinski definition) is 4. The van der Waals surface area contributed by atoms with Crippen molar-refractivity contribution in [2.45, 2.75) is 0 Å². The number of hydrogen-bond donors (Lipinski definition) is 0. The van der Waals surface area contributed by atoms with E-state index >= 15 is 0 Å². The fraction of sp³-hybridized carbons (Fsp3) is 0.0714. The minimum atomic E-state index is -0.585. The van der Waals surface area contributed by atoms with Gasteiger partial charge >= 0.3 is 0 Å². The van der Waals surface area contributed by atoms with Crippen LogP contribution in [-0.4, -0.2) is 17.8 Å². The molecular weight excluding hydrogens is 246 g/mol. The Morgan fingerprint density at radius 1 is 1.11 bits per heavy atom. The maximum Gasteiger partial charge on any atom is 0.284 e. The molecule has 2 aromatic carbocycles. The summed E-state index contributed by atoms with van der Waals surface area (Å²) >= 11 is 0. The van der Waals surface area contributed by atoms with Gasteiger partial charge in [0.1, 0.15) is 11.3 Å². The molecule has 0 bridgehead atoms. The van der Waals surface area contributed by atoms with Gasteiger partial charge in [-0.1, -0.05) is 36.4 Å². The standard InChI is InChI=1S/C14H11NO4/c1-19-12-9-5-8-11(15(17)18)13(12)14(16)10-6-3-2-4-7-10/h2-9H,1H3. The lowest BCUT2D eigenvalue weighted by Crippen LogP contribution is -2.07. The molecule has 19 heavy (non-hydrogen) atoms. The van der Waals surface area contributed by atoms with Gasteiger partial charge in [-0.2, -0.15) is 0 Å². The molecule has 0 fully saturated rings. The zero-order chi connectivity index (χ0) is 13.8. The van der Waals surface area contributed by atoms with E-state index in [1.165, 1.54) is 25.3 Å². The average Bonchev–Trinajstić information content (AvgIpc) is 2.46. The van der Waals surface area contributed by atoms with Crippen molar-refractivity contribution in [1.82, 2.24) is 0 Å². The van der Waals surface area contributed by atoms with Gasteiger partial charge in [0.2, 0.25) is 5.78 Å². The van der Waals surface area contributed by atoms with Gasteiger partial charge in [-0.25, -0.2) is 0 Å². The van der Waals surface area contributed by atoms with Gasteiger partial charge in [0.25, 0.3) is 5.69 Å².